The van der Waals surface area contributed by atoms with Crippen LogP contribution in [0, 0.1) is 18.8 Å². The molecule has 0 radical (unpaired) electrons. The van der Waals surface area contributed by atoms with Crippen molar-refractivity contribution < 1.29 is 14.3 Å². The SMILES string of the molecule is Cc1oc(-c2cccs2)nc1CN1CC(C)CC(C(=O)O)C1. The molecule has 2 atom stereocenters. The number of likely N-dealkylation sites (tertiary alicyclic amines) is 1. The third-order valence-electron chi connectivity index (χ3n) is 4.08. The summed E-state index contributed by atoms with van der Waals surface area (Å²) in [6.07, 6.45) is 0.754. The monoisotopic (exact) mass is 320 g/mol. The van der Waals surface area contributed by atoms with Gasteiger partial charge in [-0.25, -0.2) is 4.98 Å². The average molecular weight is 320 g/mol. The second kappa shape index (κ2) is 6.22. The molecule has 3 heterocycles. The van der Waals surface area contributed by atoms with E-state index in [1.54, 1.807) is 11.3 Å². The van der Waals surface area contributed by atoms with Gasteiger partial charge in [-0.1, -0.05) is 13.0 Å². The molecule has 0 aromatic carbocycles. The summed E-state index contributed by atoms with van der Waals surface area (Å²) in [5.41, 5.74) is 0.904. The number of carbonyl (C=O) groups is 1. The summed E-state index contributed by atoms with van der Waals surface area (Å²) in [6, 6.07) is 3.96. The molecule has 2 unspecified atom stereocenters. The Hall–Kier alpha value is -1.66. The molecule has 118 valence electrons. The molecule has 5 nitrogen and oxygen atoms in total. The molecule has 1 N–H and O–H groups in total. The first-order valence-electron chi connectivity index (χ1n) is 7.48. The maximum Gasteiger partial charge on any atom is 0.307 e. The topological polar surface area (TPSA) is 66.6 Å². The van der Waals surface area contributed by atoms with Crippen LogP contribution in [0.25, 0.3) is 10.8 Å². The number of rotatable bonds is 4. The smallest absolute Gasteiger partial charge is 0.307 e. The molecule has 0 spiro atoms. The summed E-state index contributed by atoms with van der Waals surface area (Å²) in [5, 5.41) is 11.3. The molecule has 2 aromatic rings. The quantitative estimate of drug-likeness (QED) is 0.936. The van der Waals surface area contributed by atoms with E-state index in [0.717, 1.165) is 29.3 Å². The van der Waals surface area contributed by atoms with Gasteiger partial charge in [0.15, 0.2) is 0 Å². The fraction of sp³-hybridized carbons (Fsp3) is 0.500. The van der Waals surface area contributed by atoms with E-state index in [2.05, 4.69) is 16.8 Å². The lowest BCUT2D eigenvalue weighted by Crippen LogP contribution is -2.42. The van der Waals surface area contributed by atoms with Crippen LogP contribution in [0.4, 0.5) is 0 Å². The van der Waals surface area contributed by atoms with E-state index in [4.69, 9.17) is 4.42 Å². The Morgan fingerprint density at radius 1 is 1.55 bits per heavy atom. The molecule has 1 saturated heterocycles. The molecular weight excluding hydrogens is 300 g/mol. The van der Waals surface area contributed by atoms with Gasteiger partial charge in [-0.3, -0.25) is 9.69 Å². The van der Waals surface area contributed by atoms with E-state index >= 15 is 0 Å². The number of aryl methyl sites for hydroxylation is 1. The number of aliphatic carboxylic acids is 1. The second-order valence-electron chi connectivity index (χ2n) is 6.07. The number of nitrogens with zero attached hydrogens (tertiary/aromatic N) is 2. The minimum absolute atomic E-state index is 0.285. The highest BCUT2D eigenvalue weighted by Gasteiger charge is 2.30. The van der Waals surface area contributed by atoms with Gasteiger partial charge in [0, 0.05) is 19.6 Å². The van der Waals surface area contributed by atoms with Crippen molar-refractivity contribution in [2.75, 3.05) is 13.1 Å². The van der Waals surface area contributed by atoms with Crippen molar-refractivity contribution in [3.05, 3.63) is 29.0 Å². The number of piperidine rings is 1. The first-order valence-corrected chi connectivity index (χ1v) is 8.36. The van der Waals surface area contributed by atoms with Gasteiger partial charge < -0.3 is 9.52 Å². The van der Waals surface area contributed by atoms with Gasteiger partial charge in [-0.05, 0) is 30.7 Å². The first-order chi connectivity index (χ1) is 10.5. The molecule has 0 amide bonds. The zero-order chi connectivity index (χ0) is 15.7. The second-order valence-corrected chi connectivity index (χ2v) is 7.02. The van der Waals surface area contributed by atoms with Crippen LogP contribution in [0.3, 0.4) is 0 Å². The highest BCUT2D eigenvalue weighted by atomic mass is 32.1. The van der Waals surface area contributed by atoms with Crippen molar-refractivity contribution in [1.82, 2.24) is 9.88 Å². The number of aromatic nitrogens is 1. The number of hydrogen-bond acceptors (Lipinski definition) is 5. The van der Waals surface area contributed by atoms with Crippen LogP contribution in [0.2, 0.25) is 0 Å². The largest absolute Gasteiger partial charge is 0.481 e. The van der Waals surface area contributed by atoms with Crippen molar-refractivity contribution in [2.24, 2.45) is 11.8 Å². The lowest BCUT2D eigenvalue weighted by molar-refractivity contribution is -0.144. The summed E-state index contributed by atoms with van der Waals surface area (Å²) in [4.78, 5) is 19.1. The Balaban J connectivity index is 1.74. The van der Waals surface area contributed by atoms with Gasteiger partial charge in [0.1, 0.15) is 5.76 Å². The fourth-order valence-electron chi connectivity index (χ4n) is 3.06. The zero-order valence-corrected chi connectivity index (χ0v) is 13.6. The molecule has 0 aliphatic carbocycles. The standard InChI is InChI=1S/C16H20N2O3S/c1-10-6-12(16(19)20)8-18(7-10)9-13-11(2)21-15(17-13)14-4-3-5-22-14/h3-5,10,12H,6-9H2,1-2H3,(H,19,20). The first kappa shape index (κ1) is 15.2. The summed E-state index contributed by atoms with van der Waals surface area (Å²) in [6.45, 7) is 6.16. The van der Waals surface area contributed by atoms with Crippen LogP contribution < -0.4 is 0 Å². The van der Waals surface area contributed by atoms with Crippen molar-refractivity contribution in [2.45, 2.75) is 26.8 Å². The average Bonchev–Trinajstić information content (AvgIpc) is 3.08. The van der Waals surface area contributed by atoms with Crippen LogP contribution in [-0.2, 0) is 11.3 Å². The normalized spacial score (nSPS) is 22.8. The van der Waals surface area contributed by atoms with Crippen LogP contribution in [0.15, 0.2) is 21.9 Å². The van der Waals surface area contributed by atoms with E-state index in [0.29, 0.717) is 24.9 Å². The summed E-state index contributed by atoms with van der Waals surface area (Å²) < 4.78 is 5.76. The molecule has 3 rings (SSSR count). The van der Waals surface area contributed by atoms with Crippen LogP contribution >= 0.6 is 11.3 Å². The zero-order valence-electron chi connectivity index (χ0n) is 12.8. The maximum atomic E-state index is 11.3. The Morgan fingerprint density at radius 2 is 2.36 bits per heavy atom. The van der Waals surface area contributed by atoms with Gasteiger partial charge in [-0.2, -0.15) is 0 Å². The summed E-state index contributed by atoms with van der Waals surface area (Å²) in [7, 11) is 0. The van der Waals surface area contributed by atoms with Crippen LogP contribution in [0.1, 0.15) is 24.8 Å². The number of hydrogen-bond donors (Lipinski definition) is 1. The molecule has 1 aliphatic rings. The van der Waals surface area contributed by atoms with Gasteiger partial charge in [0.25, 0.3) is 0 Å². The van der Waals surface area contributed by atoms with E-state index in [1.165, 1.54) is 0 Å². The molecule has 0 saturated carbocycles. The molecule has 1 aliphatic heterocycles. The lowest BCUT2D eigenvalue weighted by atomic mass is 9.90. The predicted molar refractivity (Wildman–Crippen MR) is 84.7 cm³/mol. The van der Waals surface area contributed by atoms with Crippen molar-refractivity contribution in [3.63, 3.8) is 0 Å². The van der Waals surface area contributed by atoms with E-state index in [-0.39, 0.29) is 5.92 Å². The number of carboxylic acids is 1. The van der Waals surface area contributed by atoms with Crippen LogP contribution in [0.5, 0.6) is 0 Å². The summed E-state index contributed by atoms with van der Waals surface area (Å²) in [5.74, 6) is 0.870. The Bertz CT molecular complexity index is 650. The Kier molecular flexibility index (Phi) is 4.31. The minimum Gasteiger partial charge on any atom is -0.481 e. The molecule has 22 heavy (non-hydrogen) atoms. The van der Waals surface area contributed by atoms with Crippen molar-refractivity contribution >= 4 is 17.3 Å². The molecule has 2 aromatic heterocycles. The van der Waals surface area contributed by atoms with Gasteiger partial charge >= 0.3 is 5.97 Å². The van der Waals surface area contributed by atoms with E-state index < -0.39 is 5.97 Å². The minimum atomic E-state index is -0.701. The van der Waals surface area contributed by atoms with Crippen LogP contribution in [-0.4, -0.2) is 34.0 Å². The fourth-order valence-corrected chi connectivity index (χ4v) is 3.71. The van der Waals surface area contributed by atoms with Crippen molar-refractivity contribution in [3.8, 4) is 10.8 Å². The molecular formula is C16H20N2O3S. The Labute approximate surface area is 133 Å². The van der Waals surface area contributed by atoms with Gasteiger partial charge in [0.05, 0.1) is 16.5 Å². The lowest BCUT2D eigenvalue weighted by Gasteiger charge is -2.34. The Morgan fingerprint density at radius 3 is 3.05 bits per heavy atom. The number of carboxylic acid groups (broad SMARTS) is 1. The highest BCUT2D eigenvalue weighted by molar-refractivity contribution is 7.13. The molecule has 6 heteroatoms. The van der Waals surface area contributed by atoms with Gasteiger partial charge in [0.2, 0.25) is 5.89 Å². The number of oxazole rings is 1. The third-order valence-corrected chi connectivity index (χ3v) is 4.94. The van der Waals surface area contributed by atoms with Gasteiger partial charge in [-0.15, -0.1) is 11.3 Å². The van der Waals surface area contributed by atoms with E-state index in [1.807, 2.05) is 24.4 Å². The summed E-state index contributed by atoms with van der Waals surface area (Å²) >= 11 is 1.60. The maximum absolute atomic E-state index is 11.3. The van der Waals surface area contributed by atoms with E-state index in [9.17, 15) is 9.90 Å². The van der Waals surface area contributed by atoms with Crippen molar-refractivity contribution in [1.29, 1.82) is 0 Å². The molecule has 0 bridgehead atoms. The predicted octanol–water partition coefficient (Wildman–Crippen LogP) is 3.25. The highest BCUT2D eigenvalue weighted by Crippen LogP contribution is 2.28. The third kappa shape index (κ3) is 3.23. The number of thiophene rings is 1. The molecule has 1 fully saturated rings.